The van der Waals surface area contributed by atoms with Crippen molar-refractivity contribution in [3.63, 3.8) is 0 Å². The minimum Gasteiger partial charge on any atom is -1.47 e. The number of hydrogen-bond acceptors (Lipinski definition) is 0. The van der Waals surface area contributed by atoms with Gasteiger partial charge in [0.25, 0.3) is 0 Å². The van der Waals surface area contributed by atoms with Crippen molar-refractivity contribution in [3.8, 4) is 0 Å². The summed E-state index contributed by atoms with van der Waals surface area (Å²) in [5.41, 5.74) is 5.63. The SMILES string of the molecule is CC1=C(C)C(C)([P-2])C(C)=C1C. The molecule has 0 unspecified atom stereocenters. The lowest BCUT2D eigenvalue weighted by molar-refractivity contribution is 0.876. The molecule has 1 aliphatic rings. The van der Waals surface area contributed by atoms with Gasteiger partial charge in [-0.05, 0) is 27.7 Å². The van der Waals surface area contributed by atoms with E-state index >= 15 is 0 Å². The molecule has 0 aliphatic heterocycles. The zero-order valence-corrected chi connectivity index (χ0v) is 8.84. The summed E-state index contributed by atoms with van der Waals surface area (Å²) in [7, 11) is 4.64. The Hall–Kier alpha value is -0.0900. The van der Waals surface area contributed by atoms with E-state index in [-0.39, 0.29) is 5.16 Å². The van der Waals surface area contributed by atoms with Crippen LogP contribution >= 0.6 is 9.24 Å². The Bertz CT molecular complexity index is 228. The van der Waals surface area contributed by atoms with Crippen molar-refractivity contribution < 1.29 is 0 Å². The normalized spacial score (nSPS) is 23.5. The molecule has 0 amide bonds. The molecule has 1 heteroatoms. The lowest BCUT2D eigenvalue weighted by atomic mass is 9.98. The van der Waals surface area contributed by atoms with Crippen LogP contribution in [0.4, 0.5) is 0 Å². The average Bonchev–Trinajstić information content (AvgIpc) is 2.06. The van der Waals surface area contributed by atoms with E-state index in [1.54, 1.807) is 0 Å². The van der Waals surface area contributed by atoms with Gasteiger partial charge in [-0.2, -0.15) is 0 Å². The lowest BCUT2D eigenvalue weighted by Gasteiger charge is -2.61. The predicted octanol–water partition coefficient (Wildman–Crippen LogP) is 3.84. The van der Waals surface area contributed by atoms with Crippen LogP contribution in [0.5, 0.6) is 0 Å². The van der Waals surface area contributed by atoms with E-state index < -0.39 is 0 Å². The maximum atomic E-state index is 4.64. The van der Waals surface area contributed by atoms with Crippen LogP contribution in [-0.4, -0.2) is 5.16 Å². The van der Waals surface area contributed by atoms with Crippen molar-refractivity contribution >= 4 is 9.24 Å². The summed E-state index contributed by atoms with van der Waals surface area (Å²) in [5, 5.41) is 0.00810. The van der Waals surface area contributed by atoms with Crippen molar-refractivity contribution in [2.45, 2.75) is 39.8 Å². The number of rotatable bonds is 0. The number of hydrogen-bond donors (Lipinski definition) is 0. The summed E-state index contributed by atoms with van der Waals surface area (Å²) >= 11 is 0. The minimum atomic E-state index is 0.00810. The van der Waals surface area contributed by atoms with Gasteiger partial charge in [-0.15, -0.1) is 18.1 Å². The van der Waals surface area contributed by atoms with E-state index in [0.717, 1.165) is 0 Å². The molecular weight excluding hydrogens is 151 g/mol. The third-order valence-corrected chi connectivity index (χ3v) is 3.82. The van der Waals surface area contributed by atoms with Crippen LogP contribution in [0.15, 0.2) is 22.3 Å². The molecule has 0 aromatic carbocycles. The standard InChI is InChI=1S/C10H15P/c1-6-7(2)9(4)10(5,11)8(6)3/h1-5H3/q-2. The molecule has 11 heavy (non-hydrogen) atoms. The number of allylic oxidation sites excluding steroid dienone is 4. The fourth-order valence-electron chi connectivity index (χ4n) is 1.57. The first-order valence-electron chi connectivity index (χ1n) is 3.97. The van der Waals surface area contributed by atoms with Crippen molar-refractivity contribution in [2.75, 3.05) is 0 Å². The monoisotopic (exact) mass is 166 g/mol. The highest BCUT2D eigenvalue weighted by atomic mass is 31.0. The Balaban J connectivity index is 3.27. The largest absolute Gasteiger partial charge is 1.47 e. The second-order valence-corrected chi connectivity index (χ2v) is 4.47. The lowest BCUT2D eigenvalue weighted by Crippen LogP contribution is -2.15. The van der Waals surface area contributed by atoms with Crippen LogP contribution in [0.1, 0.15) is 34.6 Å². The third kappa shape index (κ3) is 1.08. The van der Waals surface area contributed by atoms with E-state index in [1.807, 2.05) is 0 Å². The van der Waals surface area contributed by atoms with Gasteiger partial charge >= 0.3 is 0 Å². The molecule has 1 aliphatic carbocycles. The summed E-state index contributed by atoms with van der Waals surface area (Å²) in [6.45, 7) is 10.9. The summed E-state index contributed by atoms with van der Waals surface area (Å²) in [5.74, 6) is 0. The predicted molar refractivity (Wildman–Crippen MR) is 52.1 cm³/mol. The Morgan fingerprint density at radius 2 is 1.18 bits per heavy atom. The molecule has 62 valence electrons. The molecule has 0 saturated heterocycles. The van der Waals surface area contributed by atoms with Crippen molar-refractivity contribution in [2.24, 2.45) is 0 Å². The first-order chi connectivity index (χ1) is 4.89. The molecule has 0 N–H and O–H groups in total. The van der Waals surface area contributed by atoms with Crippen LogP contribution in [0, 0.1) is 0 Å². The maximum Gasteiger partial charge on any atom is -0.0397 e. The summed E-state index contributed by atoms with van der Waals surface area (Å²) in [6, 6.07) is 0. The van der Waals surface area contributed by atoms with Crippen LogP contribution in [0.25, 0.3) is 0 Å². The highest BCUT2D eigenvalue weighted by molar-refractivity contribution is 7.20. The van der Waals surface area contributed by atoms with Crippen LogP contribution in [-0.2, 0) is 0 Å². The second-order valence-electron chi connectivity index (χ2n) is 3.57. The molecule has 1 rings (SSSR count). The van der Waals surface area contributed by atoms with Gasteiger partial charge < -0.3 is 9.24 Å². The van der Waals surface area contributed by atoms with Crippen LogP contribution < -0.4 is 0 Å². The highest BCUT2D eigenvalue weighted by Gasteiger charge is 2.16. The fraction of sp³-hybridized carbons (Fsp3) is 0.600. The van der Waals surface area contributed by atoms with Gasteiger partial charge in [-0.25, -0.2) is 0 Å². The summed E-state index contributed by atoms with van der Waals surface area (Å²) in [6.07, 6.45) is 0. The van der Waals surface area contributed by atoms with Gasteiger partial charge in [-0.1, -0.05) is 11.1 Å². The smallest absolute Gasteiger partial charge is 0.0397 e. The molecule has 0 fully saturated rings. The Morgan fingerprint density at radius 1 is 0.909 bits per heavy atom. The Kier molecular flexibility index (Phi) is 2.01. The van der Waals surface area contributed by atoms with Crippen LogP contribution in [0.2, 0.25) is 0 Å². The Morgan fingerprint density at radius 3 is 1.27 bits per heavy atom. The van der Waals surface area contributed by atoms with Gasteiger partial charge in [0.05, 0.1) is 0 Å². The second kappa shape index (κ2) is 2.45. The molecule has 0 bridgehead atoms. The first-order valence-corrected chi connectivity index (χ1v) is 4.42. The first kappa shape index (κ1) is 9.00. The fourth-order valence-corrected chi connectivity index (χ4v) is 1.91. The maximum absolute atomic E-state index is 4.64. The van der Waals surface area contributed by atoms with E-state index in [0.29, 0.717) is 0 Å². The van der Waals surface area contributed by atoms with E-state index in [2.05, 4.69) is 43.9 Å². The highest BCUT2D eigenvalue weighted by Crippen LogP contribution is 2.45. The van der Waals surface area contributed by atoms with Crippen molar-refractivity contribution in [3.05, 3.63) is 22.3 Å². The average molecular weight is 166 g/mol. The van der Waals surface area contributed by atoms with Gasteiger partial charge in [0.2, 0.25) is 0 Å². The molecule has 0 atom stereocenters. The molecule has 0 radical (unpaired) electrons. The third-order valence-electron chi connectivity index (χ3n) is 3.15. The van der Waals surface area contributed by atoms with E-state index in [1.165, 1.54) is 22.3 Å². The van der Waals surface area contributed by atoms with Crippen LogP contribution in [0.3, 0.4) is 0 Å². The minimum absolute atomic E-state index is 0.00810. The van der Waals surface area contributed by atoms with Gasteiger partial charge in [0.1, 0.15) is 0 Å². The van der Waals surface area contributed by atoms with Gasteiger partial charge in [0.15, 0.2) is 0 Å². The zero-order chi connectivity index (χ0) is 8.81. The molecule has 0 saturated carbocycles. The molecule has 0 spiro atoms. The quantitative estimate of drug-likeness (QED) is 0.479. The summed E-state index contributed by atoms with van der Waals surface area (Å²) in [4.78, 5) is 0. The molecule has 0 aromatic heterocycles. The van der Waals surface area contributed by atoms with E-state index in [4.69, 9.17) is 0 Å². The molecular formula is C10H15P-2. The molecule has 0 nitrogen and oxygen atoms in total. The zero-order valence-electron chi connectivity index (χ0n) is 7.95. The molecule has 0 aromatic rings. The summed E-state index contributed by atoms with van der Waals surface area (Å²) < 4.78 is 0. The van der Waals surface area contributed by atoms with Crippen molar-refractivity contribution in [1.82, 2.24) is 0 Å². The van der Waals surface area contributed by atoms with E-state index in [9.17, 15) is 0 Å². The molecule has 0 heterocycles. The van der Waals surface area contributed by atoms with Gasteiger partial charge in [0, 0.05) is 0 Å². The van der Waals surface area contributed by atoms with Gasteiger partial charge in [-0.3, -0.25) is 5.16 Å². The topological polar surface area (TPSA) is 0 Å². The van der Waals surface area contributed by atoms with Crippen molar-refractivity contribution in [1.29, 1.82) is 0 Å². The Labute approximate surface area is 72.0 Å².